The van der Waals surface area contributed by atoms with E-state index >= 15 is 0 Å². The van der Waals surface area contributed by atoms with Crippen molar-refractivity contribution in [1.29, 1.82) is 0 Å². The number of nitrogens with two attached hydrogens (primary N) is 1. The Morgan fingerprint density at radius 2 is 2.00 bits per heavy atom. The molecule has 0 aromatic carbocycles. The van der Waals surface area contributed by atoms with E-state index in [9.17, 15) is 8.42 Å². The van der Waals surface area contributed by atoms with E-state index in [4.69, 9.17) is 5.73 Å². The van der Waals surface area contributed by atoms with E-state index in [2.05, 4.69) is 16.5 Å². The summed E-state index contributed by atoms with van der Waals surface area (Å²) in [5.74, 6) is 0. The largest absolute Gasteiger partial charge is 0.330 e. The summed E-state index contributed by atoms with van der Waals surface area (Å²) in [6.45, 7) is 5.75. The zero-order chi connectivity index (χ0) is 13.6. The average Bonchev–Trinajstić information content (AvgIpc) is 2.62. The lowest BCUT2D eigenvalue weighted by atomic mass is 10.1. The molecule has 0 amide bonds. The minimum Gasteiger partial charge on any atom is -0.330 e. The van der Waals surface area contributed by atoms with Crippen LogP contribution in [0.15, 0.2) is 0 Å². The molecule has 1 fully saturated rings. The van der Waals surface area contributed by atoms with Gasteiger partial charge in [0.15, 0.2) is 0 Å². The number of nitrogens with zero attached hydrogens (tertiary/aromatic N) is 2. The predicted molar refractivity (Wildman–Crippen MR) is 73.5 cm³/mol. The van der Waals surface area contributed by atoms with E-state index in [1.165, 1.54) is 11.4 Å². The molecule has 0 saturated carbocycles. The Balaban J connectivity index is 2.60. The Bertz CT molecular complexity index is 334. The van der Waals surface area contributed by atoms with Gasteiger partial charge in [-0.25, -0.2) is 4.72 Å². The molecule has 0 bridgehead atoms. The molecule has 1 aliphatic rings. The van der Waals surface area contributed by atoms with Crippen LogP contribution in [0.5, 0.6) is 0 Å². The molecule has 1 atom stereocenters. The molecule has 1 heterocycles. The van der Waals surface area contributed by atoms with Gasteiger partial charge in [-0.2, -0.15) is 12.7 Å². The van der Waals surface area contributed by atoms with Crippen LogP contribution in [0.4, 0.5) is 0 Å². The number of hydrogen-bond donors (Lipinski definition) is 2. The van der Waals surface area contributed by atoms with Gasteiger partial charge in [0.25, 0.3) is 10.2 Å². The monoisotopic (exact) mass is 278 g/mol. The first kappa shape index (κ1) is 15.8. The third-order valence-corrected chi connectivity index (χ3v) is 5.14. The molecule has 0 aliphatic carbocycles. The Kier molecular flexibility index (Phi) is 6.51. The molecule has 0 aromatic rings. The molecule has 3 N–H and O–H groups in total. The van der Waals surface area contributed by atoms with E-state index in [1.807, 2.05) is 0 Å². The van der Waals surface area contributed by atoms with Crippen molar-refractivity contribution in [2.45, 2.75) is 32.2 Å². The van der Waals surface area contributed by atoms with Crippen LogP contribution >= 0.6 is 0 Å². The van der Waals surface area contributed by atoms with Crippen molar-refractivity contribution in [3.8, 4) is 0 Å². The SMILES string of the molecule is CCC(CCN)N1CCCN(S(=O)(=O)NC)CC1. The number of nitrogens with one attached hydrogen (secondary N) is 1. The van der Waals surface area contributed by atoms with Gasteiger partial charge in [-0.15, -0.1) is 0 Å². The van der Waals surface area contributed by atoms with Crippen LogP contribution in [0.3, 0.4) is 0 Å². The second-order valence-electron chi connectivity index (χ2n) is 4.64. The average molecular weight is 278 g/mol. The molecule has 0 aromatic heterocycles. The third kappa shape index (κ3) is 4.17. The second-order valence-corrected chi connectivity index (χ2v) is 6.51. The summed E-state index contributed by atoms with van der Waals surface area (Å²) < 4.78 is 27.4. The van der Waals surface area contributed by atoms with Crippen molar-refractivity contribution in [2.75, 3.05) is 39.8 Å². The van der Waals surface area contributed by atoms with Gasteiger partial charge in [0.2, 0.25) is 0 Å². The van der Waals surface area contributed by atoms with Gasteiger partial charge in [0, 0.05) is 32.7 Å². The smallest absolute Gasteiger partial charge is 0.279 e. The fourth-order valence-electron chi connectivity index (χ4n) is 2.49. The first-order valence-corrected chi connectivity index (χ1v) is 8.12. The van der Waals surface area contributed by atoms with E-state index in [0.29, 0.717) is 25.7 Å². The predicted octanol–water partition coefficient (Wildman–Crippen LogP) is -0.414. The van der Waals surface area contributed by atoms with Crippen molar-refractivity contribution in [3.05, 3.63) is 0 Å². The van der Waals surface area contributed by atoms with Crippen LogP contribution in [0, 0.1) is 0 Å². The normalized spacial score (nSPS) is 21.7. The standard InChI is InChI=1S/C11H26N4O2S/c1-3-11(5-6-12)14-7-4-8-15(10-9-14)18(16,17)13-2/h11,13H,3-10,12H2,1-2H3. The van der Waals surface area contributed by atoms with Gasteiger partial charge in [0.1, 0.15) is 0 Å². The maximum atomic E-state index is 11.8. The summed E-state index contributed by atoms with van der Waals surface area (Å²) in [6.07, 6.45) is 2.92. The Morgan fingerprint density at radius 3 is 2.56 bits per heavy atom. The van der Waals surface area contributed by atoms with Gasteiger partial charge in [-0.1, -0.05) is 6.92 Å². The van der Waals surface area contributed by atoms with E-state index in [1.54, 1.807) is 0 Å². The highest BCUT2D eigenvalue weighted by Crippen LogP contribution is 2.13. The summed E-state index contributed by atoms with van der Waals surface area (Å²) in [4.78, 5) is 2.37. The van der Waals surface area contributed by atoms with Crippen molar-refractivity contribution in [3.63, 3.8) is 0 Å². The van der Waals surface area contributed by atoms with Crippen molar-refractivity contribution < 1.29 is 8.42 Å². The number of rotatable bonds is 6. The highest BCUT2D eigenvalue weighted by atomic mass is 32.2. The molecule has 108 valence electrons. The molecular weight excluding hydrogens is 252 g/mol. The van der Waals surface area contributed by atoms with Crippen molar-refractivity contribution in [2.24, 2.45) is 5.73 Å². The summed E-state index contributed by atoms with van der Waals surface area (Å²) in [7, 11) is -1.82. The minimum atomic E-state index is -3.28. The second kappa shape index (κ2) is 7.40. The lowest BCUT2D eigenvalue weighted by Gasteiger charge is -2.29. The summed E-state index contributed by atoms with van der Waals surface area (Å²) in [6, 6.07) is 0.479. The molecule has 0 radical (unpaired) electrons. The lowest BCUT2D eigenvalue weighted by Crippen LogP contribution is -2.42. The van der Waals surface area contributed by atoms with Crippen LogP contribution in [-0.4, -0.2) is 63.4 Å². The lowest BCUT2D eigenvalue weighted by molar-refractivity contribution is 0.192. The highest BCUT2D eigenvalue weighted by Gasteiger charge is 2.25. The van der Waals surface area contributed by atoms with Gasteiger partial charge in [-0.05, 0) is 32.4 Å². The highest BCUT2D eigenvalue weighted by molar-refractivity contribution is 7.87. The molecule has 18 heavy (non-hydrogen) atoms. The van der Waals surface area contributed by atoms with E-state index in [0.717, 1.165) is 32.4 Å². The quantitative estimate of drug-likeness (QED) is 0.692. The summed E-state index contributed by atoms with van der Waals surface area (Å²) in [5, 5.41) is 0. The zero-order valence-electron chi connectivity index (χ0n) is 11.4. The van der Waals surface area contributed by atoms with Crippen LogP contribution in [0.1, 0.15) is 26.2 Å². The van der Waals surface area contributed by atoms with Gasteiger partial charge < -0.3 is 5.73 Å². The Hall–Kier alpha value is -0.210. The molecule has 0 spiro atoms. The third-order valence-electron chi connectivity index (χ3n) is 3.57. The van der Waals surface area contributed by atoms with E-state index in [-0.39, 0.29) is 0 Å². The van der Waals surface area contributed by atoms with Crippen LogP contribution in [0.25, 0.3) is 0 Å². The summed E-state index contributed by atoms with van der Waals surface area (Å²) >= 11 is 0. The van der Waals surface area contributed by atoms with Crippen molar-refractivity contribution >= 4 is 10.2 Å². The summed E-state index contributed by atoms with van der Waals surface area (Å²) in [5.41, 5.74) is 5.63. The van der Waals surface area contributed by atoms with E-state index < -0.39 is 10.2 Å². The zero-order valence-corrected chi connectivity index (χ0v) is 12.2. The fourth-order valence-corrected chi connectivity index (χ4v) is 3.44. The van der Waals surface area contributed by atoms with Crippen molar-refractivity contribution in [1.82, 2.24) is 13.9 Å². The van der Waals surface area contributed by atoms with Gasteiger partial charge >= 0.3 is 0 Å². The molecule has 6 nitrogen and oxygen atoms in total. The molecule has 1 rings (SSSR count). The van der Waals surface area contributed by atoms with Crippen LogP contribution < -0.4 is 10.5 Å². The van der Waals surface area contributed by atoms with Gasteiger partial charge in [-0.3, -0.25) is 4.90 Å². The molecular formula is C11H26N4O2S. The number of hydrogen-bond acceptors (Lipinski definition) is 4. The van der Waals surface area contributed by atoms with Gasteiger partial charge in [0.05, 0.1) is 0 Å². The molecule has 7 heteroatoms. The van der Waals surface area contributed by atoms with Crippen LogP contribution in [-0.2, 0) is 10.2 Å². The Morgan fingerprint density at radius 1 is 1.28 bits per heavy atom. The maximum Gasteiger partial charge on any atom is 0.279 e. The van der Waals surface area contributed by atoms with Crippen LogP contribution in [0.2, 0.25) is 0 Å². The molecule has 1 saturated heterocycles. The fraction of sp³-hybridized carbons (Fsp3) is 1.00. The Labute approximate surface area is 111 Å². The first-order valence-electron chi connectivity index (χ1n) is 6.67. The first-order chi connectivity index (χ1) is 8.55. The maximum absolute atomic E-state index is 11.8. The molecule has 1 aliphatic heterocycles. The topological polar surface area (TPSA) is 78.7 Å². The minimum absolute atomic E-state index is 0.479. The molecule has 1 unspecified atom stereocenters.